The monoisotopic (exact) mass is 505 g/mol. The molecule has 192 valence electrons. The van der Waals surface area contributed by atoms with Crippen LogP contribution >= 0.6 is 0 Å². The highest BCUT2D eigenvalue weighted by atomic mass is 16.3. The molecule has 1 aliphatic rings. The summed E-state index contributed by atoms with van der Waals surface area (Å²) >= 11 is 0. The number of fused-ring (bicyclic) bond motifs is 3. The van der Waals surface area contributed by atoms with E-state index in [2.05, 4.69) is 56.3 Å². The van der Waals surface area contributed by atoms with E-state index in [-0.39, 0.29) is 17.6 Å². The minimum absolute atomic E-state index is 0.0623. The van der Waals surface area contributed by atoms with Crippen molar-refractivity contribution in [3.63, 3.8) is 0 Å². The van der Waals surface area contributed by atoms with Gasteiger partial charge in [0.15, 0.2) is 0 Å². The zero-order valence-corrected chi connectivity index (χ0v) is 21.2. The molecule has 7 heteroatoms. The zero-order chi connectivity index (χ0) is 26.1. The summed E-state index contributed by atoms with van der Waals surface area (Å²) in [7, 11) is 0. The van der Waals surface area contributed by atoms with Crippen molar-refractivity contribution >= 4 is 33.7 Å². The number of phenols is 1. The van der Waals surface area contributed by atoms with Crippen LogP contribution in [0, 0.1) is 5.92 Å². The number of nitrogens with two attached hydrogens (primary N) is 1. The Morgan fingerprint density at radius 3 is 2.45 bits per heavy atom. The number of anilines is 1. The number of amides is 1. The van der Waals surface area contributed by atoms with Gasteiger partial charge in [-0.3, -0.25) is 4.79 Å². The van der Waals surface area contributed by atoms with Crippen molar-refractivity contribution in [2.75, 3.05) is 5.73 Å². The first-order chi connectivity index (χ1) is 18.6. The lowest BCUT2D eigenvalue weighted by Gasteiger charge is -2.23. The minimum Gasteiger partial charge on any atom is -0.508 e. The molecule has 0 radical (unpaired) electrons. The number of aromatic nitrogens is 3. The van der Waals surface area contributed by atoms with E-state index in [1.165, 1.54) is 19.2 Å². The van der Waals surface area contributed by atoms with Crippen LogP contribution in [0.4, 0.5) is 5.82 Å². The molecule has 6 rings (SSSR count). The molecule has 1 atom stereocenters. The SMILES string of the molecule is Nc1ncnc2c1c1ccccc1n2Cc1ccc(C(C(=O)NCc2ccc(O)cc2)C2CCCC2)cc1. The lowest BCUT2D eigenvalue weighted by molar-refractivity contribution is -0.123. The highest BCUT2D eigenvalue weighted by Crippen LogP contribution is 2.38. The summed E-state index contributed by atoms with van der Waals surface area (Å²) < 4.78 is 2.18. The van der Waals surface area contributed by atoms with Gasteiger partial charge in [-0.15, -0.1) is 0 Å². The van der Waals surface area contributed by atoms with Gasteiger partial charge in [0.25, 0.3) is 0 Å². The van der Waals surface area contributed by atoms with E-state index in [9.17, 15) is 9.90 Å². The lowest BCUT2D eigenvalue weighted by atomic mass is 9.83. The predicted molar refractivity (Wildman–Crippen MR) is 150 cm³/mol. The van der Waals surface area contributed by atoms with E-state index in [1.807, 2.05) is 24.3 Å². The van der Waals surface area contributed by atoms with Gasteiger partial charge in [-0.05, 0) is 53.6 Å². The molecule has 3 aromatic carbocycles. The first-order valence-electron chi connectivity index (χ1n) is 13.2. The second-order valence-electron chi connectivity index (χ2n) is 10.2. The molecule has 2 heterocycles. The number of carbonyl (C=O) groups excluding carboxylic acids is 1. The van der Waals surface area contributed by atoms with Crippen molar-refractivity contribution in [1.82, 2.24) is 19.9 Å². The summed E-state index contributed by atoms with van der Waals surface area (Å²) in [5.74, 6) is 0.938. The van der Waals surface area contributed by atoms with Gasteiger partial charge in [0.05, 0.1) is 16.8 Å². The van der Waals surface area contributed by atoms with Gasteiger partial charge >= 0.3 is 0 Å². The molecular weight excluding hydrogens is 474 g/mol. The number of phenolic OH excluding ortho intramolecular Hbond substituents is 1. The van der Waals surface area contributed by atoms with Crippen molar-refractivity contribution in [3.05, 3.63) is 95.8 Å². The Bertz CT molecular complexity index is 1590. The molecule has 0 aliphatic heterocycles. The van der Waals surface area contributed by atoms with Gasteiger partial charge in [-0.25, -0.2) is 9.97 Å². The number of hydrogen-bond donors (Lipinski definition) is 3. The maximum Gasteiger partial charge on any atom is 0.228 e. The predicted octanol–water partition coefficient (Wildman–Crippen LogP) is 5.51. The molecule has 4 N–H and O–H groups in total. The van der Waals surface area contributed by atoms with Crippen molar-refractivity contribution < 1.29 is 9.90 Å². The fourth-order valence-electron chi connectivity index (χ4n) is 5.90. The lowest BCUT2D eigenvalue weighted by Crippen LogP contribution is -2.32. The van der Waals surface area contributed by atoms with Crippen LogP contribution < -0.4 is 11.1 Å². The van der Waals surface area contributed by atoms with E-state index in [1.54, 1.807) is 12.1 Å². The Labute approximate surface area is 221 Å². The van der Waals surface area contributed by atoms with Gasteiger partial charge in [0.2, 0.25) is 5.91 Å². The van der Waals surface area contributed by atoms with Crippen LogP contribution in [0.15, 0.2) is 79.1 Å². The van der Waals surface area contributed by atoms with E-state index in [0.29, 0.717) is 24.8 Å². The third-order valence-electron chi connectivity index (χ3n) is 7.81. The first-order valence-corrected chi connectivity index (χ1v) is 13.2. The highest BCUT2D eigenvalue weighted by molar-refractivity contribution is 6.11. The minimum atomic E-state index is -0.176. The third kappa shape index (κ3) is 4.56. The topological polar surface area (TPSA) is 106 Å². The quantitative estimate of drug-likeness (QED) is 0.270. The number of benzene rings is 3. The van der Waals surface area contributed by atoms with E-state index < -0.39 is 0 Å². The number of nitrogens with one attached hydrogen (secondary N) is 1. The number of hydrogen-bond acceptors (Lipinski definition) is 5. The Balaban J connectivity index is 1.26. The molecule has 2 aromatic heterocycles. The standard InChI is InChI=1S/C31H31N5O2/c32-29-28-25-7-3-4-8-26(25)36(30(28)35-19-34-29)18-21-9-13-23(14-10-21)27(22-5-1-2-6-22)31(38)33-17-20-11-15-24(37)16-12-20/h3-4,7-16,19,22,27,37H,1-2,5-6,17-18H2,(H,33,38)(H2,32,34,35). The smallest absolute Gasteiger partial charge is 0.228 e. The molecule has 0 saturated heterocycles. The normalized spacial score (nSPS) is 14.7. The average molecular weight is 506 g/mol. The third-order valence-corrected chi connectivity index (χ3v) is 7.81. The molecule has 1 saturated carbocycles. The Kier molecular flexibility index (Phi) is 6.42. The number of nitrogens with zero attached hydrogens (tertiary/aromatic N) is 3. The van der Waals surface area contributed by atoms with Crippen LogP contribution in [0.1, 0.15) is 48.3 Å². The van der Waals surface area contributed by atoms with Gasteiger partial charge in [0.1, 0.15) is 23.5 Å². The maximum atomic E-state index is 13.4. The van der Waals surface area contributed by atoms with Crippen molar-refractivity contribution in [2.45, 2.75) is 44.7 Å². The zero-order valence-electron chi connectivity index (χ0n) is 21.2. The van der Waals surface area contributed by atoms with E-state index in [4.69, 9.17) is 5.73 Å². The number of para-hydroxylation sites is 1. The number of aromatic hydroxyl groups is 1. The summed E-state index contributed by atoms with van der Waals surface area (Å²) in [6, 6.07) is 23.6. The molecule has 0 spiro atoms. The number of nitrogen functional groups attached to an aromatic ring is 1. The van der Waals surface area contributed by atoms with Crippen LogP contribution in [0.25, 0.3) is 21.9 Å². The molecule has 0 bridgehead atoms. The molecule has 38 heavy (non-hydrogen) atoms. The summed E-state index contributed by atoms with van der Waals surface area (Å²) in [4.78, 5) is 22.2. The Hall–Kier alpha value is -4.39. The summed E-state index contributed by atoms with van der Waals surface area (Å²) in [5.41, 5.74) is 11.3. The van der Waals surface area contributed by atoms with Crippen molar-refractivity contribution in [3.8, 4) is 5.75 Å². The average Bonchev–Trinajstić information content (AvgIpc) is 3.57. The molecule has 1 fully saturated rings. The fraction of sp³-hybridized carbons (Fsp3) is 0.258. The van der Waals surface area contributed by atoms with Gasteiger partial charge in [-0.1, -0.05) is 67.4 Å². The maximum absolute atomic E-state index is 13.4. The second kappa shape index (κ2) is 10.2. The van der Waals surface area contributed by atoms with Crippen LogP contribution in [-0.4, -0.2) is 25.5 Å². The highest BCUT2D eigenvalue weighted by Gasteiger charge is 2.32. The van der Waals surface area contributed by atoms with Gasteiger partial charge in [-0.2, -0.15) is 0 Å². The summed E-state index contributed by atoms with van der Waals surface area (Å²) in [6.07, 6.45) is 5.99. The molecule has 5 aromatic rings. The van der Waals surface area contributed by atoms with E-state index >= 15 is 0 Å². The van der Waals surface area contributed by atoms with Gasteiger partial charge < -0.3 is 20.7 Å². The Morgan fingerprint density at radius 2 is 1.68 bits per heavy atom. The summed E-state index contributed by atoms with van der Waals surface area (Å²) in [6.45, 7) is 1.08. The largest absolute Gasteiger partial charge is 0.508 e. The number of carbonyl (C=O) groups is 1. The number of rotatable bonds is 7. The molecule has 1 amide bonds. The molecular formula is C31H31N5O2. The molecule has 1 aliphatic carbocycles. The first kappa shape index (κ1) is 24.0. The summed E-state index contributed by atoms with van der Waals surface area (Å²) in [5, 5.41) is 14.6. The Morgan fingerprint density at radius 1 is 0.974 bits per heavy atom. The van der Waals surface area contributed by atoms with Crippen molar-refractivity contribution in [1.29, 1.82) is 0 Å². The van der Waals surface area contributed by atoms with E-state index in [0.717, 1.165) is 51.5 Å². The van der Waals surface area contributed by atoms with Gasteiger partial charge in [0, 0.05) is 18.5 Å². The van der Waals surface area contributed by atoms with Crippen LogP contribution in [0.5, 0.6) is 5.75 Å². The molecule has 1 unspecified atom stereocenters. The second-order valence-corrected chi connectivity index (χ2v) is 10.2. The molecule has 7 nitrogen and oxygen atoms in total. The fourth-order valence-corrected chi connectivity index (χ4v) is 5.90. The van der Waals surface area contributed by atoms with Crippen LogP contribution in [-0.2, 0) is 17.9 Å². The van der Waals surface area contributed by atoms with Crippen LogP contribution in [0.3, 0.4) is 0 Å². The van der Waals surface area contributed by atoms with Crippen molar-refractivity contribution in [2.24, 2.45) is 5.92 Å². The van der Waals surface area contributed by atoms with Crippen LogP contribution in [0.2, 0.25) is 0 Å².